The lowest BCUT2D eigenvalue weighted by Crippen LogP contribution is -2.49. The molecule has 9 atom stereocenters. The van der Waals surface area contributed by atoms with Gasteiger partial charge in [-0.2, -0.15) is 0 Å². The highest BCUT2D eigenvalue weighted by atomic mass is 35.5. The fourth-order valence-electron chi connectivity index (χ4n) is 12.2. The third-order valence-corrected chi connectivity index (χ3v) is 20.5. The molecule has 30 heteroatoms. The molecular weight excluding hydrogens is 1380 g/mol. The van der Waals surface area contributed by atoms with Crippen LogP contribution in [0.2, 0.25) is 20.1 Å². The molecule has 0 bridgehead atoms. The monoisotopic (exact) mass is 1470 g/mol. The lowest BCUT2D eigenvalue weighted by Gasteiger charge is -2.38. The van der Waals surface area contributed by atoms with Gasteiger partial charge >= 0.3 is 12.1 Å². The quantitative estimate of drug-likeness (QED) is 0.0167. The van der Waals surface area contributed by atoms with Gasteiger partial charge in [-0.05, 0) is 160 Å². The molecule has 2 heterocycles. The predicted octanol–water partition coefficient (Wildman–Crippen LogP) is 9.15. The van der Waals surface area contributed by atoms with Crippen molar-refractivity contribution in [1.29, 1.82) is 0 Å². The number of halogens is 6. The van der Waals surface area contributed by atoms with Gasteiger partial charge in [0.2, 0.25) is 10.0 Å². The fraction of sp³-hybridized carbons (Fsp3) is 0.594. The first-order valence-electron chi connectivity index (χ1n) is 31.9. The van der Waals surface area contributed by atoms with E-state index in [1.807, 2.05) is 39.8 Å². The number of benzene rings is 4. The van der Waals surface area contributed by atoms with E-state index in [1.54, 1.807) is 48.5 Å². The Bertz CT molecular complexity index is 3160. The highest BCUT2D eigenvalue weighted by Gasteiger charge is 2.43. The number of likely N-dealkylation sites (tertiary alicyclic amines) is 2. The van der Waals surface area contributed by atoms with Crippen molar-refractivity contribution in [1.82, 2.24) is 35.8 Å². The number of nitrogens with zero attached hydrogens (tertiary/aromatic N) is 3. The molecule has 8 rings (SSSR count). The molecule has 526 valence electrons. The number of sulfonamides is 1. The van der Waals surface area contributed by atoms with E-state index in [-0.39, 0.29) is 156 Å². The van der Waals surface area contributed by atoms with Gasteiger partial charge < -0.3 is 65.7 Å². The first-order valence-corrected chi connectivity index (χ1v) is 35.9. The Kier molecular flexibility index (Phi) is 33.0. The average molecular weight is 1470 g/mol. The minimum atomic E-state index is -3.91. The normalized spacial score (nSPS) is 20.7. The van der Waals surface area contributed by atoms with E-state index in [2.05, 4.69) is 35.8 Å². The molecule has 4 aliphatic rings. The van der Waals surface area contributed by atoms with E-state index in [9.17, 15) is 26.8 Å². The Morgan fingerprint density at radius 1 is 0.628 bits per heavy atom. The number of rotatable bonds is 35. The van der Waals surface area contributed by atoms with Crippen molar-refractivity contribution in [3.8, 4) is 11.5 Å². The molecule has 2 saturated heterocycles. The van der Waals surface area contributed by atoms with E-state index in [0.29, 0.717) is 76.0 Å². The molecule has 94 heavy (non-hydrogen) atoms. The summed E-state index contributed by atoms with van der Waals surface area (Å²) in [5.74, 6) is 0.929. The van der Waals surface area contributed by atoms with Crippen molar-refractivity contribution in [3.05, 3.63) is 115 Å². The molecule has 2 aliphatic carbocycles. The van der Waals surface area contributed by atoms with E-state index < -0.39 is 33.4 Å². The van der Waals surface area contributed by atoms with E-state index in [4.69, 9.17) is 86.3 Å². The maximum absolute atomic E-state index is 13.6. The third kappa shape index (κ3) is 23.2. The highest BCUT2D eigenvalue weighted by molar-refractivity contribution is 7.89. The number of carbonyl (C=O) groups excluding carboxylic acids is 2. The molecule has 0 spiro atoms. The van der Waals surface area contributed by atoms with Gasteiger partial charge in [0.25, 0.3) is 0 Å². The van der Waals surface area contributed by atoms with Crippen LogP contribution in [-0.2, 0) is 53.1 Å². The van der Waals surface area contributed by atoms with E-state index in [1.165, 1.54) is 16.4 Å². The first-order chi connectivity index (χ1) is 44.1. The molecule has 4 amide bonds. The second kappa shape index (κ2) is 39.2. The third-order valence-electron chi connectivity index (χ3n) is 17.1. The van der Waals surface area contributed by atoms with Crippen LogP contribution in [0.4, 0.5) is 15.3 Å². The Balaban J connectivity index is 0.00000700. The first kappa shape index (κ1) is 79.2. The molecule has 4 aromatic rings. The van der Waals surface area contributed by atoms with Crippen LogP contribution in [0.1, 0.15) is 101 Å². The van der Waals surface area contributed by atoms with Gasteiger partial charge in [-0.1, -0.05) is 74.1 Å². The van der Waals surface area contributed by atoms with E-state index >= 15 is 0 Å². The second-order valence-corrected chi connectivity index (χ2v) is 28.8. The number of nitrogens with one attached hydrogen (secondary N) is 5. The summed E-state index contributed by atoms with van der Waals surface area (Å²) in [5, 5.41) is 13.3. The van der Waals surface area contributed by atoms with Crippen LogP contribution >= 0.6 is 71.2 Å². The lowest BCUT2D eigenvalue weighted by atomic mass is 10.0. The number of amides is 4. The van der Waals surface area contributed by atoms with Crippen molar-refractivity contribution < 1.29 is 55.2 Å². The summed E-state index contributed by atoms with van der Waals surface area (Å²) in [6.07, 6.45) is 5.89. The van der Waals surface area contributed by atoms with Gasteiger partial charge in [-0.15, -0.1) is 24.8 Å². The number of unbranched alkanes of at least 4 members (excludes halogenated alkanes) is 1. The summed E-state index contributed by atoms with van der Waals surface area (Å²) >= 11 is 23.7. The van der Waals surface area contributed by atoms with Gasteiger partial charge in [0.05, 0.1) is 75.9 Å². The fourth-order valence-corrected chi connectivity index (χ4v) is 15.5. The molecule has 0 radical (unpaired) electrons. The van der Waals surface area contributed by atoms with Crippen LogP contribution in [0.15, 0.2) is 77.7 Å². The minimum Gasteiger partial charge on any atom is -0.755 e. The second-order valence-electron chi connectivity index (χ2n) is 24.6. The summed E-state index contributed by atoms with van der Waals surface area (Å²) in [7, 11) is -3.91. The number of hydrogen-bond donors (Lipinski definition) is 7. The van der Waals surface area contributed by atoms with E-state index in [0.717, 1.165) is 74.1 Å². The Morgan fingerprint density at radius 3 is 1.50 bits per heavy atom. The number of urea groups is 2. The summed E-state index contributed by atoms with van der Waals surface area (Å²) in [6, 6.07) is 19.2. The zero-order chi connectivity index (χ0) is 65.9. The molecule has 2 fully saturated rings. The van der Waals surface area contributed by atoms with Crippen LogP contribution in [-0.4, -0.2) is 181 Å². The van der Waals surface area contributed by atoms with Crippen molar-refractivity contribution >= 4 is 110 Å². The van der Waals surface area contributed by atoms with Crippen molar-refractivity contribution in [2.75, 3.05) is 110 Å². The van der Waals surface area contributed by atoms with Crippen LogP contribution in [0, 0.1) is 11.8 Å². The topological polar surface area (TPSA) is 286 Å². The van der Waals surface area contributed by atoms with Crippen molar-refractivity contribution in [2.45, 2.75) is 132 Å². The summed E-state index contributed by atoms with van der Waals surface area (Å²) in [4.78, 5) is 29.5. The number of piperidine rings is 2. The number of nitrogens with two attached hydrogens (primary N) is 2. The molecule has 22 nitrogen and oxygen atoms in total. The SMILES string of the molecule is CC(C)[C@@H](COCCOCCNC(=O)NCCCCNC(=O)NCCOCCOC[C@@H](NS(=O)(=O)c1ccc(O[C@H]2c3cc(Cl)cc(Cl)c3C[C@@H]2N2CCC[C@@H](N)C2)cc1)C(C)C)N(c1ccc(O[C@H]2c3cc(Cl)cc(Cl)c3C[C@@H]2N2CCC[C@@H](N)C2)cc1)S(=O)[O-].Cl.Cl. The number of carbonyl (C=O) groups is 2. The molecule has 0 aromatic heterocycles. The van der Waals surface area contributed by atoms with Gasteiger partial charge in [0, 0.05) is 106 Å². The highest BCUT2D eigenvalue weighted by Crippen LogP contribution is 2.45. The summed E-state index contributed by atoms with van der Waals surface area (Å²) < 4.78 is 93.1. The zero-order valence-corrected chi connectivity index (χ0v) is 60.0. The lowest BCUT2D eigenvalue weighted by molar-refractivity contribution is 0.0382. The Hall–Kier alpha value is -3.74. The number of hydrogen-bond acceptors (Lipinski definition) is 16. The predicted molar refractivity (Wildman–Crippen MR) is 374 cm³/mol. The molecule has 4 aromatic carbocycles. The maximum Gasteiger partial charge on any atom is 0.314 e. The van der Waals surface area contributed by atoms with Crippen LogP contribution in [0.25, 0.3) is 0 Å². The molecule has 9 N–H and O–H groups in total. The molecular formula is C64H93Cl6N10O12S2-. The molecule has 2 aliphatic heterocycles. The van der Waals surface area contributed by atoms with Gasteiger partial charge in [-0.25, -0.2) is 22.7 Å². The molecule has 0 saturated carbocycles. The number of fused-ring (bicyclic) bond motifs is 2. The van der Waals surface area contributed by atoms with Gasteiger partial charge in [0.15, 0.2) is 0 Å². The summed E-state index contributed by atoms with van der Waals surface area (Å²) in [6.45, 7) is 14.0. The Labute approximate surface area is 589 Å². The Morgan fingerprint density at radius 2 is 1.06 bits per heavy atom. The van der Waals surface area contributed by atoms with Crippen molar-refractivity contribution in [2.24, 2.45) is 23.3 Å². The zero-order valence-electron chi connectivity index (χ0n) is 53.7. The summed E-state index contributed by atoms with van der Waals surface area (Å²) in [5.41, 5.74) is 17.1. The largest absolute Gasteiger partial charge is 0.755 e. The number of anilines is 1. The van der Waals surface area contributed by atoms with Gasteiger partial charge in [-0.3, -0.25) is 18.3 Å². The average Bonchev–Trinajstić information content (AvgIpc) is 1.62. The molecule has 1 unspecified atom stereocenters. The van der Waals surface area contributed by atoms with Crippen LogP contribution < -0.4 is 51.2 Å². The van der Waals surface area contributed by atoms with Crippen molar-refractivity contribution in [3.63, 3.8) is 0 Å². The smallest absolute Gasteiger partial charge is 0.314 e. The van der Waals surface area contributed by atoms with Crippen LogP contribution in [0.3, 0.4) is 0 Å². The number of ether oxygens (including phenoxy) is 6. The van der Waals surface area contributed by atoms with Gasteiger partial charge in [0.1, 0.15) is 23.7 Å². The minimum absolute atomic E-state index is 0. The maximum atomic E-state index is 13.6. The standard InChI is InChI=1S/C64H92Cl4N10O12S2.2ClH/c1-41(2)57(75-92(83,84)50-17-15-49(16-18-50)90-62-54-32-44(66)34-56(68)52(54)36-59(62)77-24-8-10-46(70)38-77)39-87-29-27-85-25-21-73-63(79)71-19-5-6-20-72-64(80)74-22-26-86-28-30-88-40-60(42(3)4)78(91(81)82)47-11-13-48(14-12-47)89-61-53-31-43(65)33-55(67)51(53)35-58(61)76-23-7-9-45(69)37-76;;/h11-18,31-34,41-42,45-46,57-62,75H,5-10,19-30,35-40,69-70H2,1-4H3,(H,81,82)(H2,71,73,79)(H2,72,74,80);2*1H/p-1/t45-,46-,57-,58+,59+,60-,61+,62+;;/m1../s1. The van der Waals surface area contributed by atoms with Crippen LogP contribution in [0.5, 0.6) is 11.5 Å².